The molecular formula is C13H14BrN3O. The van der Waals surface area contributed by atoms with Crippen LogP contribution in [0.25, 0.3) is 10.9 Å². The first kappa shape index (κ1) is 11.9. The van der Waals surface area contributed by atoms with Crippen molar-refractivity contribution in [2.24, 2.45) is 7.05 Å². The van der Waals surface area contributed by atoms with Crippen LogP contribution in [0.4, 0.5) is 0 Å². The minimum Gasteiger partial charge on any atom is -0.307 e. The van der Waals surface area contributed by atoms with Crippen molar-refractivity contribution in [1.82, 2.24) is 14.9 Å². The van der Waals surface area contributed by atoms with Crippen molar-refractivity contribution in [2.45, 2.75) is 18.9 Å². The largest absolute Gasteiger partial charge is 0.307 e. The standard InChI is InChI=1S/C13H14BrN3O/c1-17-12(10-3-2-6-15-10)16-11-7-8(14)4-5-9(11)13(17)18/h4-5,7,10,15H,2-3,6H2,1H3. The molecule has 1 fully saturated rings. The summed E-state index contributed by atoms with van der Waals surface area (Å²) in [4.78, 5) is 16.9. The number of benzene rings is 1. The molecule has 2 heterocycles. The quantitative estimate of drug-likeness (QED) is 0.878. The van der Waals surface area contributed by atoms with Crippen LogP contribution in [0.5, 0.6) is 0 Å². The number of aromatic nitrogens is 2. The molecule has 4 nitrogen and oxygen atoms in total. The number of nitrogens with one attached hydrogen (secondary N) is 1. The van der Waals surface area contributed by atoms with E-state index in [-0.39, 0.29) is 11.6 Å². The van der Waals surface area contributed by atoms with Crippen LogP contribution in [-0.4, -0.2) is 16.1 Å². The molecule has 0 saturated carbocycles. The number of rotatable bonds is 1. The average molecular weight is 308 g/mol. The highest BCUT2D eigenvalue weighted by atomic mass is 79.9. The molecule has 1 saturated heterocycles. The molecule has 1 aliphatic rings. The molecule has 0 bridgehead atoms. The molecule has 3 rings (SSSR count). The molecule has 1 atom stereocenters. The van der Waals surface area contributed by atoms with E-state index in [9.17, 15) is 4.79 Å². The zero-order chi connectivity index (χ0) is 12.7. The molecule has 94 valence electrons. The van der Waals surface area contributed by atoms with Gasteiger partial charge in [0, 0.05) is 11.5 Å². The Balaban J connectivity index is 2.26. The van der Waals surface area contributed by atoms with Crippen molar-refractivity contribution < 1.29 is 0 Å². The number of fused-ring (bicyclic) bond motifs is 1. The van der Waals surface area contributed by atoms with Gasteiger partial charge in [0.2, 0.25) is 0 Å². The molecule has 0 radical (unpaired) electrons. The second kappa shape index (κ2) is 4.48. The molecule has 18 heavy (non-hydrogen) atoms. The van der Waals surface area contributed by atoms with Gasteiger partial charge in [-0.25, -0.2) is 4.98 Å². The number of nitrogens with zero attached hydrogens (tertiary/aromatic N) is 2. The van der Waals surface area contributed by atoms with Gasteiger partial charge in [-0.05, 0) is 37.6 Å². The lowest BCUT2D eigenvalue weighted by atomic mass is 10.2. The van der Waals surface area contributed by atoms with Crippen LogP contribution in [0.1, 0.15) is 24.7 Å². The third-order valence-electron chi connectivity index (χ3n) is 3.45. The molecule has 2 aromatic rings. The summed E-state index contributed by atoms with van der Waals surface area (Å²) in [6.07, 6.45) is 2.18. The van der Waals surface area contributed by atoms with Crippen molar-refractivity contribution in [1.29, 1.82) is 0 Å². The van der Waals surface area contributed by atoms with Crippen LogP contribution in [-0.2, 0) is 7.05 Å². The molecule has 1 aromatic heterocycles. The maximum atomic E-state index is 12.3. The third-order valence-corrected chi connectivity index (χ3v) is 3.94. The van der Waals surface area contributed by atoms with E-state index in [0.29, 0.717) is 5.39 Å². The smallest absolute Gasteiger partial charge is 0.261 e. The van der Waals surface area contributed by atoms with E-state index in [1.54, 1.807) is 11.6 Å². The van der Waals surface area contributed by atoms with E-state index in [4.69, 9.17) is 0 Å². The second-order valence-corrected chi connectivity index (χ2v) is 5.56. The number of halogens is 1. The summed E-state index contributed by atoms with van der Waals surface area (Å²) in [7, 11) is 1.80. The van der Waals surface area contributed by atoms with Crippen LogP contribution in [0.15, 0.2) is 27.5 Å². The Morgan fingerprint density at radius 1 is 1.50 bits per heavy atom. The summed E-state index contributed by atoms with van der Waals surface area (Å²) < 4.78 is 2.61. The van der Waals surface area contributed by atoms with Gasteiger partial charge in [0.1, 0.15) is 5.82 Å². The van der Waals surface area contributed by atoms with Gasteiger partial charge < -0.3 is 5.32 Å². The van der Waals surface area contributed by atoms with E-state index in [1.807, 2.05) is 18.2 Å². The minimum atomic E-state index is 0.0243. The van der Waals surface area contributed by atoms with Crippen LogP contribution in [0.2, 0.25) is 0 Å². The Hall–Kier alpha value is -1.20. The van der Waals surface area contributed by atoms with E-state index in [2.05, 4.69) is 26.2 Å². The summed E-state index contributed by atoms with van der Waals surface area (Å²) in [5.41, 5.74) is 0.785. The lowest BCUT2D eigenvalue weighted by Gasteiger charge is -2.14. The van der Waals surface area contributed by atoms with Crippen LogP contribution < -0.4 is 10.9 Å². The molecule has 1 aromatic carbocycles. The Morgan fingerprint density at radius 3 is 3.06 bits per heavy atom. The highest BCUT2D eigenvalue weighted by Gasteiger charge is 2.21. The van der Waals surface area contributed by atoms with Gasteiger partial charge in [0.05, 0.1) is 16.9 Å². The maximum absolute atomic E-state index is 12.3. The lowest BCUT2D eigenvalue weighted by Crippen LogP contribution is -2.27. The predicted molar refractivity (Wildman–Crippen MR) is 74.7 cm³/mol. The third kappa shape index (κ3) is 1.87. The van der Waals surface area contributed by atoms with E-state index >= 15 is 0 Å². The molecular weight excluding hydrogens is 294 g/mol. The highest BCUT2D eigenvalue weighted by Crippen LogP contribution is 2.22. The Kier molecular flexibility index (Phi) is 2.95. The molecule has 5 heteroatoms. The van der Waals surface area contributed by atoms with Crippen LogP contribution >= 0.6 is 15.9 Å². The van der Waals surface area contributed by atoms with E-state index < -0.39 is 0 Å². The van der Waals surface area contributed by atoms with Gasteiger partial charge in [0.25, 0.3) is 5.56 Å². The topological polar surface area (TPSA) is 46.9 Å². The fraction of sp³-hybridized carbons (Fsp3) is 0.385. The Morgan fingerprint density at radius 2 is 2.33 bits per heavy atom. The predicted octanol–water partition coefficient (Wildman–Crippen LogP) is 2.12. The Bertz CT molecular complexity index is 659. The summed E-state index contributed by atoms with van der Waals surface area (Å²) in [6, 6.07) is 5.79. The van der Waals surface area contributed by atoms with Gasteiger partial charge in [-0.3, -0.25) is 9.36 Å². The van der Waals surface area contributed by atoms with Gasteiger partial charge in [-0.15, -0.1) is 0 Å². The van der Waals surface area contributed by atoms with E-state index in [1.165, 1.54) is 0 Å². The van der Waals surface area contributed by atoms with Crippen molar-refractivity contribution >= 4 is 26.8 Å². The Labute approximate surface area is 113 Å². The fourth-order valence-corrected chi connectivity index (χ4v) is 2.83. The number of hydrogen-bond donors (Lipinski definition) is 1. The molecule has 0 spiro atoms. The summed E-state index contributed by atoms with van der Waals surface area (Å²) in [6.45, 7) is 0.997. The fourth-order valence-electron chi connectivity index (χ4n) is 2.48. The molecule has 1 aliphatic heterocycles. The van der Waals surface area contributed by atoms with Crippen LogP contribution in [0.3, 0.4) is 0 Å². The first-order valence-corrected chi connectivity index (χ1v) is 6.85. The van der Waals surface area contributed by atoms with Crippen molar-refractivity contribution in [3.63, 3.8) is 0 Å². The molecule has 1 unspecified atom stereocenters. The lowest BCUT2D eigenvalue weighted by molar-refractivity contribution is 0.564. The average Bonchev–Trinajstić information content (AvgIpc) is 2.87. The minimum absolute atomic E-state index is 0.0243. The first-order valence-electron chi connectivity index (χ1n) is 6.06. The normalized spacial score (nSPS) is 19.6. The van der Waals surface area contributed by atoms with Gasteiger partial charge in [-0.1, -0.05) is 15.9 Å². The van der Waals surface area contributed by atoms with Gasteiger partial charge >= 0.3 is 0 Å². The van der Waals surface area contributed by atoms with Crippen molar-refractivity contribution in [2.75, 3.05) is 6.54 Å². The molecule has 0 aliphatic carbocycles. The highest BCUT2D eigenvalue weighted by molar-refractivity contribution is 9.10. The maximum Gasteiger partial charge on any atom is 0.261 e. The zero-order valence-electron chi connectivity index (χ0n) is 10.1. The molecule has 1 N–H and O–H groups in total. The summed E-state index contributed by atoms with van der Waals surface area (Å²) in [5.74, 6) is 0.836. The summed E-state index contributed by atoms with van der Waals surface area (Å²) in [5, 5.41) is 4.06. The first-order chi connectivity index (χ1) is 8.66. The van der Waals surface area contributed by atoms with Crippen molar-refractivity contribution in [3.05, 3.63) is 38.9 Å². The van der Waals surface area contributed by atoms with Gasteiger partial charge in [0.15, 0.2) is 0 Å². The van der Waals surface area contributed by atoms with Gasteiger partial charge in [-0.2, -0.15) is 0 Å². The van der Waals surface area contributed by atoms with Crippen LogP contribution in [0, 0.1) is 0 Å². The SMILES string of the molecule is Cn1c(C2CCCN2)nc2cc(Br)ccc2c1=O. The number of hydrogen-bond acceptors (Lipinski definition) is 3. The molecule has 0 amide bonds. The van der Waals surface area contributed by atoms with E-state index in [0.717, 1.165) is 35.2 Å². The summed E-state index contributed by atoms with van der Waals surface area (Å²) >= 11 is 3.42. The zero-order valence-corrected chi connectivity index (χ0v) is 11.7. The monoisotopic (exact) mass is 307 g/mol. The van der Waals surface area contributed by atoms with Crippen molar-refractivity contribution in [3.8, 4) is 0 Å². The second-order valence-electron chi connectivity index (χ2n) is 4.64.